The fourth-order valence-corrected chi connectivity index (χ4v) is 5.00. The summed E-state index contributed by atoms with van der Waals surface area (Å²) < 4.78 is 17.5. The molecule has 1 atom stereocenters. The van der Waals surface area contributed by atoms with Crippen LogP contribution in [0.4, 0.5) is 0 Å². The summed E-state index contributed by atoms with van der Waals surface area (Å²) in [5, 5.41) is 0. The average molecular weight is 414 g/mol. The van der Waals surface area contributed by atoms with Gasteiger partial charge in [-0.25, -0.2) is 0 Å². The van der Waals surface area contributed by atoms with E-state index in [4.69, 9.17) is 13.7 Å². The summed E-state index contributed by atoms with van der Waals surface area (Å²) >= 11 is 1.41. The lowest BCUT2D eigenvalue weighted by Crippen LogP contribution is -2.40. The van der Waals surface area contributed by atoms with Crippen molar-refractivity contribution in [3.63, 3.8) is 0 Å². The largest absolute Gasteiger partial charge is 0.492 e. The van der Waals surface area contributed by atoms with E-state index in [-0.39, 0.29) is 6.10 Å². The molecule has 2 aromatic rings. The van der Waals surface area contributed by atoms with Crippen LogP contribution in [0.25, 0.3) is 0 Å². The van der Waals surface area contributed by atoms with E-state index in [0.29, 0.717) is 12.5 Å². The van der Waals surface area contributed by atoms with Gasteiger partial charge in [0.05, 0.1) is 24.2 Å². The highest BCUT2D eigenvalue weighted by molar-refractivity contribution is 7.94. The van der Waals surface area contributed by atoms with E-state index < -0.39 is 0 Å². The molecule has 1 fully saturated rings. The molecule has 2 heterocycles. The number of aryl methyl sites for hydroxylation is 1. The fourth-order valence-electron chi connectivity index (χ4n) is 4.26. The fraction of sp³-hybridized carbons (Fsp3) is 0.500. The van der Waals surface area contributed by atoms with Crippen LogP contribution in [0.2, 0.25) is 0 Å². The van der Waals surface area contributed by atoms with E-state index in [0.717, 1.165) is 49.7 Å². The molecule has 5 heteroatoms. The Hall–Kier alpha value is -1.53. The van der Waals surface area contributed by atoms with Crippen LogP contribution in [0, 0.1) is 0 Å². The van der Waals surface area contributed by atoms with Crippen LogP contribution in [0.1, 0.15) is 36.3 Å². The summed E-state index contributed by atoms with van der Waals surface area (Å²) in [6, 6.07) is 17.2. The molecule has 0 spiro atoms. The highest BCUT2D eigenvalue weighted by Crippen LogP contribution is 2.36. The molecule has 2 aromatic carbocycles. The van der Waals surface area contributed by atoms with Crippen molar-refractivity contribution < 1.29 is 13.7 Å². The van der Waals surface area contributed by atoms with Gasteiger partial charge in [-0.1, -0.05) is 42.5 Å². The maximum Gasteiger partial charge on any atom is 0.138 e. The van der Waals surface area contributed by atoms with Crippen molar-refractivity contribution in [3.8, 4) is 5.75 Å². The standard InChI is InChI=1S/C24H31NO3S/c1-26-22(17-25-14-12-20(13-15-25)19-7-3-2-4-8-19)18-28-29-23-11-5-9-21-10-6-16-27-24(21)23/h2-5,7-9,11,20,22H,6,10,12-18H2,1H3. The molecule has 4 nitrogen and oxygen atoms in total. The van der Waals surface area contributed by atoms with Crippen LogP contribution in [-0.4, -0.2) is 51.0 Å². The van der Waals surface area contributed by atoms with Gasteiger partial charge in [0.25, 0.3) is 0 Å². The monoisotopic (exact) mass is 413 g/mol. The van der Waals surface area contributed by atoms with Crippen LogP contribution in [0.5, 0.6) is 5.75 Å². The highest BCUT2D eigenvalue weighted by Gasteiger charge is 2.23. The quantitative estimate of drug-likeness (QED) is 0.573. The van der Waals surface area contributed by atoms with Crippen molar-refractivity contribution in [2.75, 3.05) is 40.0 Å². The minimum absolute atomic E-state index is 0.0798. The zero-order valence-electron chi connectivity index (χ0n) is 17.2. The maximum absolute atomic E-state index is 5.96. The summed E-state index contributed by atoms with van der Waals surface area (Å²) in [6.07, 6.45) is 4.68. The zero-order valence-corrected chi connectivity index (χ0v) is 18.0. The molecule has 0 bridgehead atoms. The molecule has 0 radical (unpaired) electrons. The topological polar surface area (TPSA) is 30.9 Å². The number of hydrogen-bond acceptors (Lipinski definition) is 5. The summed E-state index contributed by atoms with van der Waals surface area (Å²) in [5.74, 6) is 1.69. The third-order valence-electron chi connectivity index (χ3n) is 5.95. The molecule has 0 aromatic heterocycles. The first kappa shape index (κ1) is 20.7. The number of para-hydroxylation sites is 1. The lowest BCUT2D eigenvalue weighted by Gasteiger charge is -2.34. The van der Waals surface area contributed by atoms with Crippen LogP contribution in [0.15, 0.2) is 53.4 Å². The average Bonchev–Trinajstić information content (AvgIpc) is 2.79. The lowest BCUT2D eigenvalue weighted by atomic mass is 9.89. The third-order valence-corrected chi connectivity index (χ3v) is 6.71. The maximum atomic E-state index is 5.96. The number of hydrogen-bond donors (Lipinski definition) is 0. The molecular weight excluding hydrogens is 382 g/mol. The van der Waals surface area contributed by atoms with Gasteiger partial charge in [-0.3, -0.25) is 0 Å². The van der Waals surface area contributed by atoms with Crippen molar-refractivity contribution in [2.24, 2.45) is 0 Å². The molecule has 29 heavy (non-hydrogen) atoms. The van der Waals surface area contributed by atoms with Crippen molar-refractivity contribution in [1.29, 1.82) is 0 Å². The second-order valence-electron chi connectivity index (χ2n) is 7.91. The van der Waals surface area contributed by atoms with Crippen LogP contribution in [0.3, 0.4) is 0 Å². The van der Waals surface area contributed by atoms with Gasteiger partial charge in [-0.2, -0.15) is 0 Å². The van der Waals surface area contributed by atoms with E-state index in [1.165, 1.54) is 36.0 Å². The summed E-state index contributed by atoms with van der Waals surface area (Å²) in [6.45, 7) is 4.52. The van der Waals surface area contributed by atoms with Gasteiger partial charge in [-0.15, -0.1) is 0 Å². The SMILES string of the molecule is COC(COSc1cccc2c1OCCC2)CN1CCC(c2ccccc2)CC1. The summed E-state index contributed by atoms with van der Waals surface area (Å²) in [5.41, 5.74) is 2.76. The number of fused-ring (bicyclic) bond motifs is 1. The van der Waals surface area contributed by atoms with Gasteiger partial charge < -0.3 is 18.6 Å². The van der Waals surface area contributed by atoms with Crippen molar-refractivity contribution in [1.82, 2.24) is 4.90 Å². The molecule has 0 aliphatic carbocycles. The van der Waals surface area contributed by atoms with Gasteiger partial charge in [0.15, 0.2) is 0 Å². The number of likely N-dealkylation sites (tertiary alicyclic amines) is 1. The summed E-state index contributed by atoms with van der Waals surface area (Å²) in [4.78, 5) is 3.58. The van der Waals surface area contributed by atoms with Crippen LogP contribution >= 0.6 is 12.0 Å². The molecular formula is C24H31NO3S. The predicted octanol–water partition coefficient (Wildman–Crippen LogP) is 4.93. The van der Waals surface area contributed by atoms with Gasteiger partial charge >= 0.3 is 0 Å². The van der Waals surface area contributed by atoms with Gasteiger partial charge in [0.2, 0.25) is 0 Å². The Morgan fingerprint density at radius 1 is 1.10 bits per heavy atom. The minimum atomic E-state index is 0.0798. The zero-order chi connectivity index (χ0) is 19.9. The highest BCUT2D eigenvalue weighted by atomic mass is 32.2. The first-order chi connectivity index (χ1) is 14.3. The number of ether oxygens (including phenoxy) is 2. The molecule has 1 unspecified atom stereocenters. The Balaban J connectivity index is 1.22. The molecule has 1 saturated heterocycles. The van der Waals surface area contributed by atoms with E-state index in [1.54, 1.807) is 7.11 Å². The Labute approximate surface area is 178 Å². The second kappa shape index (κ2) is 10.5. The Kier molecular flexibility index (Phi) is 7.49. The Bertz CT molecular complexity index is 762. The van der Waals surface area contributed by atoms with Gasteiger partial charge in [-0.05, 0) is 61.9 Å². The molecule has 156 valence electrons. The van der Waals surface area contributed by atoms with E-state index in [1.807, 2.05) is 0 Å². The molecule has 4 rings (SSSR count). The number of methoxy groups -OCH3 is 1. The smallest absolute Gasteiger partial charge is 0.138 e. The third kappa shape index (κ3) is 5.54. The number of piperidine rings is 1. The van der Waals surface area contributed by atoms with E-state index >= 15 is 0 Å². The minimum Gasteiger partial charge on any atom is -0.492 e. The van der Waals surface area contributed by atoms with Crippen molar-refractivity contribution >= 4 is 12.0 Å². The Morgan fingerprint density at radius 2 is 1.93 bits per heavy atom. The predicted molar refractivity (Wildman–Crippen MR) is 118 cm³/mol. The number of rotatable bonds is 8. The van der Waals surface area contributed by atoms with Crippen LogP contribution in [-0.2, 0) is 15.3 Å². The number of nitrogens with zero attached hydrogens (tertiary/aromatic N) is 1. The molecule has 2 aliphatic heterocycles. The van der Waals surface area contributed by atoms with E-state index in [2.05, 4.69) is 53.4 Å². The number of benzene rings is 2. The van der Waals surface area contributed by atoms with Crippen molar-refractivity contribution in [2.45, 2.75) is 42.6 Å². The second-order valence-corrected chi connectivity index (χ2v) is 8.75. The molecule has 0 amide bonds. The van der Waals surface area contributed by atoms with E-state index in [9.17, 15) is 0 Å². The normalized spacial score (nSPS) is 18.8. The molecule has 2 aliphatic rings. The summed E-state index contributed by atoms with van der Waals surface area (Å²) in [7, 11) is 1.78. The van der Waals surface area contributed by atoms with Crippen LogP contribution < -0.4 is 4.74 Å². The Morgan fingerprint density at radius 3 is 2.72 bits per heavy atom. The molecule has 0 saturated carbocycles. The van der Waals surface area contributed by atoms with Crippen molar-refractivity contribution in [3.05, 3.63) is 59.7 Å². The molecule has 0 N–H and O–H groups in total. The van der Waals surface area contributed by atoms with Gasteiger partial charge in [0, 0.05) is 25.7 Å². The van der Waals surface area contributed by atoms with Gasteiger partial charge in [0.1, 0.15) is 5.75 Å². The lowest BCUT2D eigenvalue weighted by molar-refractivity contribution is 0.0286. The first-order valence-corrected chi connectivity index (χ1v) is 11.4. The first-order valence-electron chi connectivity index (χ1n) is 10.7.